The quantitative estimate of drug-likeness (QED) is 0.827. The van der Waals surface area contributed by atoms with Gasteiger partial charge in [-0.25, -0.2) is 4.79 Å². The maximum Gasteiger partial charge on any atom is 0.328 e. The highest BCUT2D eigenvalue weighted by atomic mass is 79.9. The molecular formula is C11H11BrN2O2. The maximum atomic E-state index is 10.6. The molecule has 84 valence electrons. The van der Waals surface area contributed by atoms with Gasteiger partial charge in [-0.3, -0.25) is 4.98 Å². The molecule has 0 aliphatic heterocycles. The SMILES string of the molecule is C=C(Br)c1cnccc1/C(=C/C(=O)O)CN. The summed E-state index contributed by atoms with van der Waals surface area (Å²) in [6.07, 6.45) is 4.28. The minimum absolute atomic E-state index is 0.142. The van der Waals surface area contributed by atoms with Crippen LogP contribution in [-0.2, 0) is 4.79 Å². The number of carbonyl (C=O) groups is 1. The van der Waals surface area contributed by atoms with Gasteiger partial charge in [-0.2, -0.15) is 0 Å². The number of hydrogen-bond donors (Lipinski definition) is 2. The van der Waals surface area contributed by atoms with Crippen LogP contribution >= 0.6 is 15.9 Å². The fourth-order valence-electron chi connectivity index (χ4n) is 1.29. The van der Waals surface area contributed by atoms with Crippen molar-refractivity contribution >= 4 is 32.0 Å². The summed E-state index contributed by atoms with van der Waals surface area (Å²) in [6, 6.07) is 1.71. The molecule has 0 saturated carbocycles. The first-order valence-corrected chi connectivity index (χ1v) is 5.28. The number of aliphatic carboxylic acids is 1. The van der Waals surface area contributed by atoms with Crippen LogP contribution in [0.3, 0.4) is 0 Å². The second-order valence-electron chi connectivity index (χ2n) is 3.04. The Morgan fingerprint density at radius 2 is 2.31 bits per heavy atom. The van der Waals surface area contributed by atoms with Crippen molar-refractivity contribution in [1.82, 2.24) is 4.98 Å². The molecule has 1 aromatic heterocycles. The van der Waals surface area contributed by atoms with Crippen molar-refractivity contribution in [3.05, 3.63) is 42.2 Å². The molecule has 0 radical (unpaired) electrons. The third kappa shape index (κ3) is 3.01. The lowest BCUT2D eigenvalue weighted by atomic mass is 10.0. The molecule has 5 heteroatoms. The van der Waals surface area contributed by atoms with Crippen molar-refractivity contribution in [1.29, 1.82) is 0 Å². The van der Waals surface area contributed by atoms with Crippen molar-refractivity contribution in [2.24, 2.45) is 5.73 Å². The van der Waals surface area contributed by atoms with E-state index in [2.05, 4.69) is 27.5 Å². The third-order valence-electron chi connectivity index (χ3n) is 1.98. The van der Waals surface area contributed by atoms with E-state index in [4.69, 9.17) is 10.8 Å². The van der Waals surface area contributed by atoms with E-state index in [0.717, 1.165) is 17.2 Å². The predicted octanol–water partition coefficient (Wildman–Crippen LogP) is 1.87. The number of halogens is 1. The molecule has 16 heavy (non-hydrogen) atoms. The van der Waals surface area contributed by atoms with Gasteiger partial charge >= 0.3 is 5.97 Å². The monoisotopic (exact) mass is 282 g/mol. The average Bonchev–Trinajstić information content (AvgIpc) is 2.25. The lowest BCUT2D eigenvalue weighted by Gasteiger charge is -2.09. The lowest BCUT2D eigenvalue weighted by Crippen LogP contribution is -2.06. The molecule has 0 bridgehead atoms. The maximum absolute atomic E-state index is 10.6. The first-order valence-electron chi connectivity index (χ1n) is 4.49. The van der Waals surface area contributed by atoms with E-state index in [1.807, 2.05) is 0 Å². The van der Waals surface area contributed by atoms with Crippen LogP contribution in [0.1, 0.15) is 11.1 Å². The molecule has 1 heterocycles. The van der Waals surface area contributed by atoms with Crippen LogP contribution in [0, 0.1) is 0 Å². The predicted molar refractivity (Wildman–Crippen MR) is 66.9 cm³/mol. The van der Waals surface area contributed by atoms with Gasteiger partial charge in [0.05, 0.1) is 0 Å². The molecule has 0 fully saturated rings. The molecular weight excluding hydrogens is 272 g/mol. The number of pyridine rings is 1. The largest absolute Gasteiger partial charge is 0.478 e. The van der Waals surface area contributed by atoms with Gasteiger partial charge in [-0.05, 0) is 17.2 Å². The molecule has 1 aromatic rings. The summed E-state index contributed by atoms with van der Waals surface area (Å²) in [5.41, 5.74) is 7.52. The highest BCUT2D eigenvalue weighted by molar-refractivity contribution is 9.15. The molecule has 0 unspecified atom stereocenters. The average molecular weight is 283 g/mol. The summed E-state index contributed by atoms with van der Waals surface area (Å²) in [5, 5.41) is 8.72. The minimum atomic E-state index is -1.02. The van der Waals surface area contributed by atoms with Crippen molar-refractivity contribution in [3.63, 3.8) is 0 Å². The topological polar surface area (TPSA) is 76.2 Å². The van der Waals surface area contributed by atoms with Gasteiger partial charge in [0.25, 0.3) is 0 Å². The van der Waals surface area contributed by atoms with Crippen LogP contribution < -0.4 is 5.73 Å². The van der Waals surface area contributed by atoms with Gasteiger partial charge in [-0.15, -0.1) is 0 Å². The van der Waals surface area contributed by atoms with Crippen molar-refractivity contribution in [2.75, 3.05) is 6.54 Å². The summed E-state index contributed by atoms with van der Waals surface area (Å²) in [7, 11) is 0. The van der Waals surface area contributed by atoms with Gasteiger partial charge in [-0.1, -0.05) is 22.5 Å². The summed E-state index contributed by atoms with van der Waals surface area (Å²) >= 11 is 3.25. The number of rotatable bonds is 4. The van der Waals surface area contributed by atoms with E-state index in [0.29, 0.717) is 10.1 Å². The lowest BCUT2D eigenvalue weighted by molar-refractivity contribution is -0.131. The standard InChI is InChI=1S/C11H11BrN2O2/c1-7(12)10-6-14-3-2-9(10)8(5-13)4-11(15)16/h2-4,6H,1,5,13H2,(H,15,16)/b8-4+. The summed E-state index contributed by atoms with van der Waals surface area (Å²) in [5.74, 6) is -1.02. The number of carboxylic acids is 1. The Morgan fingerprint density at radius 3 is 2.81 bits per heavy atom. The third-order valence-corrected chi connectivity index (χ3v) is 2.40. The Bertz CT molecular complexity index is 455. The Morgan fingerprint density at radius 1 is 1.62 bits per heavy atom. The van der Waals surface area contributed by atoms with Crippen LogP contribution in [0.2, 0.25) is 0 Å². The van der Waals surface area contributed by atoms with Crippen LogP contribution in [-0.4, -0.2) is 22.6 Å². The number of nitrogens with zero attached hydrogens (tertiary/aromatic N) is 1. The van der Waals surface area contributed by atoms with Crippen molar-refractivity contribution < 1.29 is 9.90 Å². The summed E-state index contributed by atoms with van der Waals surface area (Å²) < 4.78 is 0.639. The molecule has 4 nitrogen and oxygen atoms in total. The summed E-state index contributed by atoms with van der Waals surface area (Å²) in [6.45, 7) is 3.89. The van der Waals surface area contributed by atoms with Crippen LogP contribution in [0.25, 0.3) is 10.1 Å². The second-order valence-corrected chi connectivity index (χ2v) is 4.00. The first kappa shape index (κ1) is 12.6. The molecule has 0 spiro atoms. The molecule has 0 atom stereocenters. The Hall–Kier alpha value is -1.46. The van der Waals surface area contributed by atoms with Crippen LogP contribution in [0.5, 0.6) is 0 Å². The van der Waals surface area contributed by atoms with Gasteiger partial charge in [0, 0.05) is 35.1 Å². The van der Waals surface area contributed by atoms with Gasteiger partial charge in [0.15, 0.2) is 0 Å². The van der Waals surface area contributed by atoms with Crippen molar-refractivity contribution in [3.8, 4) is 0 Å². The number of nitrogens with two attached hydrogens (primary N) is 1. The number of aromatic nitrogens is 1. The molecule has 0 aliphatic rings. The van der Waals surface area contributed by atoms with E-state index in [1.54, 1.807) is 18.5 Å². The van der Waals surface area contributed by atoms with E-state index in [-0.39, 0.29) is 6.54 Å². The van der Waals surface area contributed by atoms with E-state index in [9.17, 15) is 4.79 Å². The van der Waals surface area contributed by atoms with E-state index < -0.39 is 5.97 Å². The molecule has 3 N–H and O–H groups in total. The molecule has 1 rings (SSSR count). The minimum Gasteiger partial charge on any atom is -0.478 e. The zero-order chi connectivity index (χ0) is 12.1. The second kappa shape index (κ2) is 5.58. The Kier molecular flexibility index (Phi) is 4.39. The highest BCUT2D eigenvalue weighted by Crippen LogP contribution is 2.26. The summed E-state index contributed by atoms with van der Waals surface area (Å²) in [4.78, 5) is 14.6. The normalized spacial score (nSPS) is 11.2. The van der Waals surface area contributed by atoms with E-state index in [1.165, 1.54) is 0 Å². The number of hydrogen-bond acceptors (Lipinski definition) is 3. The zero-order valence-corrected chi connectivity index (χ0v) is 10.1. The first-order chi connectivity index (χ1) is 7.56. The molecule has 0 saturated heterocycles. The fraction of sp³-hybridized carbons (Fsp3) is 0.0909. The highest BCUT2D eigenvalue weighted by Gasteiger charge is 2.09. The van der Waals surface area contributed by atoms with Gasteiger partial charge in [0.2, 0.25) is 0 Å². The Labute approximate surface area is 102 Å². The fourth-order valence-corrected chi connectivity index (χ4v) is 1.60. The van der Waals surface area contributed by atoms with Gasteiger partial charge < -0.3 is 10.8 Å². The zero-order valence-electron chi connectivity index (χ0n) is 8.48. The number of carboxylic acid groups (broad SMARTS) is 1. The van der Waals surface area contributed by atoms with Crippen molar-refractivity contribution in [2.45, 2.75) is 0 Å². The van der Waals surface area contributed by atoms with E-state index >= 15 is 0 Å². The van der Waals surface area contributed by atoms with Crippen LogP contribution in [0.15, 0.2) is 31.1 Å². The molecule has 0 aromatic carbocycles. The smallest absolute Gasteiger partial charge is 0.328 e. The Balaban J connectivity index is 3.30. The van der Waals surface area contributed by atoms with Gasteiger partial charge in [0.1, 0.15) is 0 Å². The molecule has 0 aliphatic carbocycles. The van der Waals surface area contributed by atoms with Crippen LogP contribution in [0.4, 0.5) is 0 Å². The molecule has 0 amide bonds.